The number of aromatic hydroxyl groups is 1. The van der Waals surface area contributed by atoms with Crippen LogP contribution >= 0.6 is 11.6 Å². The molecule has 1 aromatic rings. The lowest BCUT2D eigenvalue weighted by molar-refractivity contribution is 0.455. The van der Waals surface area contributed by atoms with Crippen molar-refractivity contribution in [2.75, 3.05) is 0 Å². The predicted molar refractivity (Wildman–Crippen MR) is 64.4 cm³/mol. The molecule has 0 fully saturated rings. The second kappa shape index (κ2) is 5.74. The van der Waals surface area contributed by atoms with Crippen LogP contribution in [0.15, 0.2) is 12.1 Å². The van der Waals surface area contributed by atoms with Gasteiger partial charge in [0.1, 0.15) is 5.75 Å². The van der Waals surface area contributed by atoms with Crippen molar-refractivity contribution in [1.82, 2.24) is 5.32 Å². The van der Waals surface area contributed by atoms with E-state index in [4.69, 9.17) is 16.9 Å². The number of hydrogen-bond acceptors (Lipinski definition) is 3. The van der Waals surface area contributed by atoms with Gasteiger partial charge in [-0.1, -0.05) is 11.6 Å². The summed E-state index contributed by atoms with van der Waals surface area (Å²) in [5.41, 5.74) is 1.52. The second-order valence-electron chi connectivity index (χ2n) is 3.87. The predicted octanol–water partition coefficient (Wildman–Crippen LogP) is 2.75. The number of rotatable bonds is 4. The van der Waals surface area contributed by atoms with Crippen LogP contribution in [0.5, 0.6) is 5.75 Å². The minimum Gasteiger partial charge on any atom is -0.507 e. The molecular weight excluding hydrogens is 224 g/mol. The highest BCUT2D eigenvalue weighted by Gasteiger charge is 2.07. The van der Waals surface area contributed by atoms with Crippen molar-refractivity contribution in [3.8, 4) is 11.8 Å². The molecule has 16 heavy (non-hydrogen) atoms. The van der Waals surface area contributed by atoms with Crippen molar-refractivity contribution in [1.29, 1.82) is 5.26 Å². The van der Waals surface area contributed by atoms with Gasteiger partial charge in [0.15, 0.2) is 0 Å². The molecule has 0 spiro atoms. The van der Waals surface area contributed by atoms with Gasteiger partial charge in [0.05, 0.1) is 12.5 Å². The number of phenols is 1. The number of aryl methyl sites for hydroxylation is 1. The van der Waals surface area contributed by atoms with Crippen LogP contribution < -0.4 is 5.32 Å². The average molecular weight is 239 g/mol. The number of phenolic OH excluding ortho intramolecular Hbond substituents is 1. The van der Waals surface area contributed by atoms with Crippen LogP contribution in [0.25, 0.3) is 0 Å². The zero-order valence-corrected chi connectivity index (χ0v) is 10.2. The van der Waals surface area contributed by atoms with Crippen molar-refractivity contribution >= 4 is 11.6 Å². The molecular formula is C12H15ClN2O. The summed E-state index contributed by atoms with van der Waals surface area (Å²) >= 11 is 5.91. The van der Waals surface area contributed by atoms with Crippen LogP contribution in [0.1, 0.15) is 24.5 Å². The molecule has 0 amide bonds. The van der Waals surface area contributed by atoms with Crippen LogP contribution in [0.2, 0.25) is 5.02 Å². The average Bonchev–Trinajstić information content (AvgIpc) is 2.21. The zero-order chi connectivity index (χ0) is 12.1. The summed E-state index contributed by atoms with van der Waals surface area (Å²) in [5, 5.41) is 22.1. The number of nitrogens with one attached hydrogen (secondary N) is 1. The van der Waals surface area contributed by atoms with Crippen LogP contribution in [0.4, 0.5) is 0 Å². The maximum atomic E-state index is 9.80. The number of benzene rings is 1. The summed E-state index contributed by atoms with van der Waals surface area (Å²) in [5.74, 6) is 0.265. The Labute approximate surface area is 101 Å². The van der Waals surface area contributed by atoms with Crippen LogP contribution in [-0.4, -0.2) is 11.1 Å². The Morgan fingerprint density at radius 3 is 2.88 bits per heavy atom. The standard InChI is InChI=1S/C12H15ClN2O/c1-8-5-11(13)6-10(12(8)16)7-15-9(2)3-4-14/h5-6,9,15-16H,3,7H2,1-2H3. The normalized spacial score (nSPS) is 12.1. The lowest BCUT2D eigenvalue weighted by atomic mass is 10.1. The Morgan fingerprint density at radius 1 is 1.56 bits per heavy atom. The van der Waals surface area contributed by atoms with Gasteiger partial charge in [0.2, 0.25) is 0 Å². The number of nitriles is 1. The molecule has 1 unspecified atom stereocenters. The van der Waals surface area contributed by atoms with E-state index in [1.807, 2.05) is 13.8 Å². The molecule has 0 aromatic heterocycles. The molecule has 0 saturated heterocycles. The van der Waals surface area contributed by atoms with E-state index in [0.717, 1.165) is 11.1 Å². The number of halogens is 1. The summed E-state index contributed by atoms with van der Waals surface area (Å²) in [6, 6.07) is 5.64. The van der Waals surface area contributed by atoms with Gasteiger partial charge in [-0.3, -0.25) is 0 Å². The summed E-state index contributed by atoms with van der Waals surface area (Å²) in [6.07, 6.45) is 0.445. The van der Waals surface area contributed by atoms with Crippen molar-refractivity contribution in [3.63, 3.8) is 0 Å². The summed E-state index contributed by atoms with van der Waals surface area (Å²) < 4.78 is 0. The minimum atomic E-state index is 0.101. The quantitative estimate of drug-likeness (QED) is 0.848. The van der Waals surface area contributed by atoms with Crippen molar-refractivity contribution in [2.45, 2.75) is 32.9 Å². The van der Waals surface area contributed by atoms with Crippen molar-refractivity contribution < 1.29 is 5.11 Å². The first-order valence-electron chi connectivity index (χ1n) is 5.13. The summed E-state index contributed by atoms with van der Waals surface area (Å²) in [6.45, 7) is 4.25. The molecule has 4 heteroatoms. The smallest absolute Gasteiger partial charge is 0.123 e. The molecule has 3 nitrogen and oxygen atoms in total. The largest absolute Gasteiger partial charge is 0.507 e. The van der Waals surface area contributed by atoms with E-state index >= 15 is 0 Å². The van der Waals surface area contributed by atoms with Crippen LogP contribution in [-0.2, 0) is 6.54 Å². The first-order valence-corrected chi connectivity index (χ1v) is 5.50. The Balaban J connectivity index is 2.71. The monoisotopic (exact) mass is 238 g/mol. The van der Waals surface area contributed by atoms with Gasteiger partial charge in [0, 0.05) is 23.2 Å². The van der Waals surface area contributed by atoms with Gasteiger partial charge in [-0.25, -0.2) is 0 Å². The molecule has 0 saturated carbocycles. The minimum absolute atomic E-state index is 0.101. The Hall–Kier alpha value is -1.24. The number of nitrogens with zero attached hydrogens (tertiary/aromatic N) is 1. The van der Waals surface area contributed by atoms with Crippen molar-refractivity contribution in [2.24, 2.45) is 0 Å². The topological polar surface area (TPSA) is 56.0 Å². The molecule has 86 valence electrons. The molecule has 0 heterocycles. The van der Waals surface area contributed by atoms with Gasteiger partial charge >= 0.3 is 0 Å². The molecule has 2 N–H and O–H groups in total. The van der Waals surface area contributed by atoms with E-state index < -0.39 is 0 Å². The molecule has 1 atom stereocenters. The zero-order valence-electron chi connectivity index (χ0n) is 9.42. The Kier molecular flexibility index (Phi) is 4.60. The molecule has 0 radical (unpaired) electrons. The maximum Gasteiger partial charge on any atom is 0.123 e. The molecule has 0 bridgehead atoms. The van der Waals surface area contributed by atoms with Gasteiger partial charge < -0.3 is 10.4 Å². The van der Waals surface area contributed by atoms with E-state index in [1.165, 1.54) is 0 Å². The fourth-order valence-electron chi connectivity index (χ4n) is 1.43. The van der Waals surface area contributed by atoms with Gasteiger partial charge in [0.25, 0.3) is 0 Å². The van der Waals surface area contributed by atoms with E-state index in [2.05, 4.69) is 11.4 Å². The van der Waals surface area contributed by atoms with E-state index in [9.17, 15) is 5.11 Å². The molecule has 1 aromatic carbocycles. The Morgan fingerprint density at radius 2 is 2.25 bits per heavy atom. The first-order chi connectivity index (χ1) is 7.54. The highest BCUT2D eigenvalue weighted by atomic mass is 35.5. The fraction of sp³-hybridized carbons (Fsp3) is 0.417. The van der Waals surface area contributed by atoms with Gasteiger partial charge in [-0.2, -0.15) is 5.26 Å². The highest BCUT2D eigenvalue weighted by Crippen LogP contribution is 2.26. The summed E-state index contributed by atoms with van der Waals surface area (Å²) in [4.78, 5) is 0. The third-order valence-corrected chi connectivity index (χ3v) is 2.60. The molecule has 0 aliphatic rings. The third kappa shape index (κ3) is 3.41. The van der Waals surface area contributed by atoms with Crippen LogP contribution in [0.3, 0.4) is 0 Å². The van der Waals surface area contributed by atoms with E-state index in [0.29, 0.717) is 18.0 Å². The van der Waals surface area contributed by atoms with E-state index in [1.54, 1.807) is 12.1 Å². The summed E-state index contributed by atoms with van der Waals surface area (Å²) in [7, 11) is 0. The lowest BCUT2D eigenvalue weighted by Gasteiger charge is -2.12. The van der Waals surface area contributed by atoms with Crippen molar-refractivity contribution in [3.05, 3.63) is 28.3 Å². The molecule has 0 aliphatic heterocycles. The molecule has 1 rings (SSSR count). The van der Waals surface area contributed by atoms with Gasteiger partial charge in [-0.15, -0.1) is 0 Å². The van der Waals surface area contributed by atoms with E-state index in [-0.39, 0.29) is 11.8 Å². The number of hydrogen-bond donors (Lipinski definition) is 2. The van der Waals surface area contributed by atoms with Gasteiger partial charge in [-0.05, 0) is 31.5 Å². The maximum absolute atomic E-state index is 9.80. The SMILES string of the molecule is Cc1cc(Cl)cc(CNC(C)CC#N)c1O. The van der Waals surface area contributed by atoms with Crippen LogP contribution in [0, 0.1) is 18.3 Å². The third-order valence-electron chi connectivity index (χ3n) is 2.38. The second-order valence-corrected chi connectivity index (χ2v) is 4.31. The highest BCUT2D eigenvalue weighted by molar-refractivity contribution is 6.30. The first kappa shape index (κ1) is 12.8. The fourth-order valence-corrected chi connectivity index (χ4v) is 1.73. The Bertz CT molecular complexity index is 412. The lowest BCUT2D eigenvalue weighted by Crippen LogP contribution is -2.24. The molecule has 0 aliphatic carbocycles.